The van der Waals surface area contributed by atoms with Gasteiger partial charge in [-0.1, -0.05) is 0 Å². The molecule has 0 bridgehead atoms. The summed E-state index contributed by atoms with van der Waals surface area (Å²) in [4.78, 5) is 8.56. The first kappa shape index (κ1) is 8.97. The molecule has 0 aliphatic carbocycles. The van der Waals surface area contributed by atoms with E-state index in [4.69, 9.17) is 0 Å². The lowest BCUT2D eigenvalue weighted by atomic mass is 10.3. The molecule has 2 nitrogen and oxygen atoms in total. The van der Waals surface area contributed by atoms with Crippen molar-refractivity contribution in [2.45, 2.75) is 4.90 Å². The normalized spacial score (nSPS) is 13.5. The number of aromatic amines is 1. The predicted molar refractivity (Wildman–Crippen MR) is 62.8 cm³/mol. The molecule has 4 heteroatoms. The lowest BCUT2D eigenvalue weighted by molar-refractivity contribution is 1.34. The van der Waals surface area contributed by atoms with Gasteiger partial charge in [-0.2, -0.15) is 9.06 Å². The second-order valence-corrected chi connectivity index (χ2v) is 9.11. The quantitative estimate of drug-likeness (QED) is 0.552. The van der Waals surface area contributed by atoms with E-state index in [1.54, 1.807) is 6.33 Å². The van der Waals surface area contributed by atoms with Crippen molar-refractivity contribution in [3.05, 3.63) is 24.5 Å². The number of nitrogens with one attached hydrogen (secondary N) is 1. The molecule has 0 unspecified atom stereocenters. The Morgan fingerprint density at radius 2 is 2.15 bits per heavy atom. The zero-order valence-corrected chi connectivity index (χ0v) is 9.32. The molecule has 1 heterocycles. The average Bonchev–Trinajstić information content (AvgIpc) is 2.47. The van der Waals surface area contributed by atoms with Crippen LogP contribution in [0, 0.1) is 0 Å². The minimum atomic E-state index is -0.926. The summed E-state index contributed by atoms with van der Waals surface area (Å²) < 4.78 is 0. The van der Waals surface area contributed by atoms with Crippen LogP contribution in [-0.4, -0.2) is 22.5 Å². The Bertz CT molecular complexity index is 428. The van der Waals surface area contributed by atoms with Crippen LogP contribution in [0.25, 0.3) is 11.0 Å². The van der Waals surface area contributed by atoms with Gasteiger partial charge in [0.15, 0.2) is 0 Å². The Kier molecular flexibility index (Phi) is 2.04. The summed E-state index contributed by atoms with van der Waals surface area (Å²) in [6.45, 7) is 0. The third kappa shape index (κ3) is 1.69. The van der Waals surface area contributed by atoms with Crippen molar-refractivity contribution in [2.24, 2.45) is 0 Å². The Balaban J connectivity index is 2.61. The van der Waals surface area contributed by atoms with Crippen LogP contribution in [0.2, 0.25) is 0 Å². The third-order valence-corrected chi connectivity index (χ3v) is 4.01. The number of imidazole rings is 1. The molecule has 0 saturated carbocycles. The Morgan fingerprint density at radius 1 is 1.38 bits per heavy atom. The van der Waals surface area contributed by atoms with Gasteiger partial charge >= 0.3 is 0 Å². The Labute approximate surface area is 83.9 Å². The highest BCUT2D eigenvalue weighted by Gasteiger charge is 2.09. The molecule has 1 aromatic carbocycles. The highest BCUT2D eigenvalue weighted by Crippen LogP contribution is 2.53. The topological polar surface area (TPSA) is 28.7 Å². The van der Waals surface area contributed by atoms with Crippen LogP contribution >= 0.6 is 20.7 Å². The van der Waals surface area contributed by atoms with Crippen LogP contribution in [0.15, 0.2) is 29.4 Å². The van der Waals surface area contributed by atoms with E-state index in [0.717, 1.165) is 11.0 Å². The summed E-state index contributed by atoms with van der Waals surface area (Å²) >= 11 is 4.60. The van der Waals surface area contributed by atoms with E-state index in [-0.39, 0.29) is 0 Å². The van der Waals surface area contributed by atoms with Gasteiger partial charge < -0.3 is 4.98 Å². The summed E-state index contributed by atoms with van der Waals surface area (Å²) in [5, 5.41) is 0. The second-order valence-electron chi connectivity index (χ2n) is 3.35. The van der Waals surface area contributed by atoms with Gasteiger partial charge in [0.05, 0.1) is 17.4 Å². The van der Waals surface area contributed by atoms with Crippen molar-refractivity contribution >= 4 is 31.8 Å². The third-order valence-electron chi connectivity index (χ3n) is 1.97. The lowest BCUT2D eigenvalue weighted by Gasteiger charge is -2.23. The minimum absolute atomic E-state index is 0.926. The number of hydrogen-bond donors (Lipinski definition) is 2. The van der Waals surface area contributed by atoms with Gasteiger partial charge in [-0.25, -0.2) is 4.98 Å². The zero-order valence-electron chi connectivity index (χ0n) is 7.61. The number of thiol groups is 1. The number of nitrogens with zero attached hydrogens (tertiary/aromatic N) is 1. The maximum Gasteiger partial charge on any atom is 0.0931 e. The fourth-order valence-corrected chi connectivity index (χ4v) is 2.37. The number of benzene rings is 1. The first-order chi connectivity index (χ1) is 6.07. The van der Waals surface area contributed by atoms with Gasteiger partial charge in [-0.15, -0.1) is 11.7 Å². The second kappa shape index (κ2) is 2.96. The monoisotopic (exact) mass is 212 g/mol. The largest absolute Gasteiger partial charge is 0.345 e. The van der Waals surface area contributed by atoms with Crippen LogP contribution < -0.4 is 0 Å². The molecular weight excluding hydrogens is 200 g/mol. The van der Waals surface area contributed by atoms with Crippen LogP contribution in [0.4, 0.5) is 0 Å². The molecule has 1 aromatic heterocycles. The van der Waals surface area contributed by atoms with E-state index >= 15 is 0 Å². The fourth-order valence-electron chi connectivity index (χ4n) is 1.23. The standard InChI is InChI=1S/C9H12N2S2/c1-13(2,12)7-3-4-8-9(5-7)11-6-10-8/h3-6,12H,1-2H3,(H,10,11). The summed E-state index contributed by atoms with van der Waals surface area (Å²) in [7, 11) is -0.926. The van der Waals surface area contributed by atoms with Gasteiger partial charge in [0, 0.05) is 4.90 Å². The van der Waals surface area contributed by atoms with E-state index < -0.39 is 9.06 Å². The molecule has 0 spiro atoms. The van der Waals surface area contributed by atoms with Crippen LogP contribution in [0.1, 0.15) is 0 Å². The van der Waals surface area contributed by atoms with E-state index in [2.05, 4.69) is 46.3 Å². The molecule has 2 rings (SSSR count). The van der Waals surface area contributed by atoms with E-state index in [1.807, 2.05) is 6.07 Å². The number of rotatable bonds is 1. The smallest absolute Gasteiger partial charge is 0.0931 e. The molecule has 70 valence electrons. The lowest BCUT2D eigenvalue weighted by Crippen LogP contribution is -1.86. The number of H-pyrrole nitrogens is 1. The highest BCUT2D eigenvalue weighted by molar-refractivity contribution is 8.87. The number of fused-ring (bicyclic) bond motifs is 1. The van der Waals surface area contributed by atoms with Gasteiger partial charge in [-0.05, 0) is 30.7 Å². The van der Waals surface area contributed by atoms with Crippen molar-refractivity contribution in [1.82, 2.24) is 9.97 Å². The predicted octanol–water partition coefficient (Wildman–Crippen LogP) is 2.83. The molecular formula is C9H12N2S2. The first-order valence-electron chi connectivity index (χ1n) is 3.96. The van der Waals surface area contributed by atoms with Crippen molar-refractivity contribution < 1.29 is 0 Å². The Hall–Kier alpha value is -0.610. The maximum atomic E-state index is 4.60. The van der Waals surface area contributed by atoms with E-state index in [9.17, 15) is 0 Å². The number of aromatic nitrogens is 2. The van der Waals surface area contributed by atoms with Crippen LogP contribution in [-0.2, 0) is 0 Å². The molecule has 0 radical (unpaired) electrons. The molecule has 1 N–H and O–H groups in total. The Morgan fingerprint density at radius 3 is 2.85 bits per heavy atom. The van der Waals surface area contributed by atoms with Crippen molar-refractivity contribution in [1.29, 1.82) is 0 Å². The molecule has 0 saturated heterocycles. The average molecular weight is 212 g/mol. The summed E-state index contributed by atoms with van der Waals surface area (Å²) in [5.74, 6) is 0. The summed E-state index contributed by atoms with van der Waals surface area (Å²) in [5.41, 5.74) is 2.10. The van der Waals surface area contributed by atoms with Crippen molar-refractivity contribution in [3.8, 4) is 0 Å². The molecule has 0 aliphatic rings. The zero-order chi connectivity index (χ0) is 9.47. The van der Waals surface area contributed by atoms with E-state index in [0.29, 0.717) is 0 Å². The van der Waals surface area contributed by atoms with Gasteiger partial charge in [0.1, 0.15) is 0 Å². The van der Waals surface area contributed by atoms with Gasteiger partial charge in [0.2, 0.25) is 0 Å². The highest BCUT2D eigenvalue weighted by atomic mass is 33.1. The van der Waals surface area contributed by atoms with Crippen molar-refractivity contribution in [2.75, 3.05) is 12.5 Å². The molecule has 0 fully saturated rings. The number of hydrogen-bond acceptors (Lipinski definition) is 2. The van der Waals surface area contributed by atoms with E-state index in [1.165, 1.54) is 4.90 Å². The SMILES string of the molecule is CS(C)(S)c1ccc2nc[nH]c2c1. The van der Waals surface area contributed by atoms with Crippen LogP contribution in [0.3, 0.4) is 0 Å². The fraction of sp³-hybridized carbons (Fsp3) is 0.222. The molecule has 13 heavy (non-hydrogen) atoms. The van der Waals surface area contributed by atoms with Gasteiger partial charge in [-0.3, -0.25) is 0 Å². The summed E-state index contributed by atoms with van der Waals surface area (Å²) in [6.07, 6.45) is 6.04. The minimum Gasteiger partial charge on any atom is -0.345 e. The maximum absolute atomic E-state index is 4.60. The van der Waals surface area contributed by atoms with Crippen molar-refractivity contribution in [3.63, 3.8) is 0 Å². The molecule has 0 amide bonds. The molecule has 0 atom stereocenters. The van der Waals surface area contributed by atoms with Crippen LogP contribution in [0.5, 0.6) is 0 Å². The van der Waals surface area contributed by atoms with Gasteiger partial charge in [0.25, 0.3) is 0 Å². The first-order valence-corrected chi connectivity index (χ1v) is 7.46. The molecule has 0 aliphatic heterocycles. The molecule has 2 aromatic rings. The summed E-state index contributed by atoms with van der Waals surface area (Å²) in [6, 6.07) is 6.27.